The van der Waals surface area contributed by atoms with Crippen LogP contribution in [-0.2, 0) is 4.74 Å². The molecule has 0 aliphatic carbocycles. The predicted octanol–water partition coefficient (Wildman–Crippen LogP) is 3.29. The number of nitrogens with one attached hydrogen (secondary N) is 1. The first-order chi connectivity index (χ1) is 9.88. The molecule has 0 saturated carbocycles. The van der Waals surface area contributed by atoms with Crippen LogP contribution in [0.5, 0.6) is 0 Å². The van der Waals surface area contributed by atoms with Crippen LogP contribution < -0.4 is 5.32 Å². The molecule has 2 fully saturated rings. The zero-order valence-electron chi connectivity index (χ0n) is 14.8. The molecule has 0 radical (unpaired) electrons. The van der Waals surface area contributed by atoms with Gasteiger partial charge >= 0.3 is 0 Å². The summed E-state index contributed by atoms with van der Waals surface area (Å²) in [5, 5.41) is 3.77. The van der Waals surface area contributed by atoms with Gasteiger partial charge in [0, 0.05) is 31.8 Å². The third kappa shape index (κ3) is 4.94. The Balaban J connectivity index is 1.86. The fraction of sp³-hybridized carbons (Fsp3) is 1.00. The summed E-state index contributed by atoms with van der Waals surface area (Å²) in [6.07, 6.45) is 5.61. The summed E-state index contributed by atoms with van der Waals surface area (Å²) >= 11 is 0. The second kappa shape index (κ2) is 7.43. The van der Waals surface area contributed by atoms with E-state index in [1.54, 1.807) is 0 Å². The van der Waals surface area contributed by atoms with Crippen LogP contribution in [-0.4, -0.2) is 49.3 Å². The molecule has 2 heterocycles. The number of ether oxygens (including phenoxy) is 1. The highest BCUT2D eigenvalue weighted by Gasteiger charge is 2.35. The topological polar surface area (TPSA) is 24.5 Å². The lowest BCUT2D eigenvalue weighted by atomic mass is 9.83. The number of rotatable bonds is 5. The van der Waals surface area contributed by atoms with Crippen molar-refractivity contribution in [3.8, 4) is 0 Å². The standard InChI is InChI=1S/C18H36N2O/c1-14(2)16-13-20(17(12-19-16)18(3,4)5)10-6-8-15-9-7-11-21-15/h14-17,19H,6-13H2,1-5H3. The Morgan fingerprint density at radius 3 is 2.62 bits per heavy atom. The minimum absolute atomic E-state index is 0.346. The van der Waals surface area contributed by atoms with Gasteiger partial charge in [-0.2, -0.15) is 0 Å². The minimum atomic E-state index is 0.346. The van der Waals surface area contributed by atoms with E-state index >= 15 is 0 Å². The maximum atomic E-state index is 5.76. The van der Waals surface area contributed by atoms with Gasteiger partial charge in [-0.15, -0.1) is 0 Å². The van der Waals surface area contributed by atoms with Crippen molar-refractivity contribution in [2.75, 3.05) is 26.2 Å². The summed E-state index contributed by atoms with van der Waals surface area (Å²) in [5.41, 5.74) is 0.346. The molecule has 0 aromatic rings. The molecule has 2 rings (SSSR count). The number of nitrogens with zero attached hydrogens (tertiary/aromatic N) is 1. The largest absolute Gasteiger partial charge is 0.378 e. The van der Waals surface area contributed by atoms with Gasteiger partial charge in [-0.25, -0.2) is 0 Å². The summed E-state index contributed by atoms with van der Waals surface area (Å²) < 4.78 is 5.76. The van der Waals surface area contributed by atoms with Crippen LogP contribution in [0.1, 0.15) is 60.3 Å². The smallest absolute Gasteiger partial charge is 0.0576 e. The van der Waals surface area contributed by atoms with E-state index in [1.807, 2.05) is 0 Å². The van der Waals surface area contributed by atoms with E-state index in [9.17, 15) is 0 Å². The fourth-order valence-electron chi connectivity index (χ4n) is 3.78. The summed E-state index contributed by atoms with van der Waals surface area (Å²) in [7, 11) is 0. The van der Waals surface area contributed by atoms with Crippen molar-refractivity contribution < 1.29 is 4.74 Å². The third-order valence-corrected chi connectivity index (χ3v) is 5.25. The molecule has 0 amide bonds. The van der Waals surface area contributed by atoms with Crippen molar-refractivity contribution in [3.05, 3.63) is 0 Å². The van der Waals surface area contributed by atoms with Crippen molar-refractivity contribution >= 4 is 0 Å². The van der Waals surface area contributed by atoms with Gasteiger partial charge < -0.3 is 10.1 Å². The lowest BCUT2D eigenvalue weighted by Crippen LogP contribution is -2.61. The molecule has 2 saturated heterocycles. The van der Waals surface area contributed by atoms with Gasteiger partial charge in [0.2, 0.25) is 0 Å². The Labute approximate surface area is 131 Å². The van der Waals surface area contributed by atoms with Gasteiger partial charge in [0.05, 0.1) is 6.10 Å². The number of piperazine rings is 1. The van der Waals surface area contributed by atoms with E-state index < -0.39 is 0 Å². The van der Waals surface area contributed by atoms with Crippen LogP contribution in [0.3, 0.4) is 0 Å². The van der Waals surface area contributed by atoms with Crippen molar-refractivity contribution in [1.29, 1.82) is 0 Å². The molecular weight excluding hydrogens is 260 g/mol. The Bertz CT molecular complexity index is 305. The van der Waals surface area contributed by atoms with Crippen molar-refractivity contribution in [1.82, 2.24) is 10.2 Å². The Kier molecular flexibility index (Phi) is 6.10. The Morgan fingerprint density at radius 2 is 2.05 bits per heavy atom. The Hall–Kier alpha value is -0.120. The van der Waals surface area contributed by atoms with Crippen LogP contribution in [0.15, 0.2) is 0 Å². The van der Waals surface area contributed by atoms with Crippen LogP contribution in [0.2, 0.25) is 0 Å². The van der Waals surface area contributed by atoms with Crippen LogP contribution in [0, 0.1) is 11.3 Å². The second-order valence-electron chi connectivity index (χ2n) is 8.41. The van der Waals surface area contributed by atoms with Crippen molar-refractivity contribution in [2.24, 2.45) is 11.3 Å². The summed E-state index contributed by atoms with van der Waals surface area (Å²) in [6, 6.07) is 1.29. The molecule has 2 aliphatic rings. The summed E-state index contributed by atoms with van der Waals surface area (Å²) in [4.78, 5) is 2.75. The van der Waals surface area contributed by atoms with Crippen molar-refractivity contribution in [3.63, 3.8) is 0 Å². The zero-order chi connectivity index (χ0) is 15.5. The molecule has 0 spiro atoms. The molecule has 2 aliphatic heterocycles. The molecule has 0 aromatic carbocycles. The molecule has 0 bridgehead atoms. The maximum absolute atomic E-state index is 5.76. The monoisotopic (exact) mass is 296 g/mol. The molecule has 1 N–H and O–H groups in total. The third-order valence-electron chi connectivity index (χ3n) is 5.25. The highest BCUT2D eigenvalue weighted by atomic mass is 16.5. The average Bonchev–Trinajstić information content (AvgIpc) is 2.90. The van der Waals surface area contributed by atoms with Gasteiger partial charge in [0.1, 0.15) is 0 Å². The predicted molar refractivity (Wildman–Crippen MR) is 89.7 cm³/mol. The molecule has 3 nitrogen and oxygen atoms in total. The first kappa shape index (κ1) is 17.2. The van der Waals surface area contributed by atoms with E-state index in [2.05, 4.69) is 44.8 Å². The fourth-order valence-corrected chi connectivity index (χ4v) is 3.78. The summed E-state index contributed by atoms with van der Waals surface area (Å²) in [6.45, 7) is 16.3. The first-order valence-corrected chi connectivity index (χ1v) is 8.97. The van der Waals surface area contributed by atoms with E-state index in [1.165, 1.54) is 38.8 Å². The number of hydrogen-bond donors (Lipinski definition) is 1. The first-order valence-electron chi connectivity index (χ1n) is 8.97. The zero-order valence-corrected chi connectivity index (χ0v) is 14.8. The number of hydrogen-bond acceptors (Lipinski definition) is 3. The van der Waals surface area contributed by atoms with E-state index in [4.69, 9.17) is 4.74 Å². The molecular formula is C18H36N2O. The second-order valence-corrected chi connectivity index (χ2v) is 8.41. The normalized spacial score (nSPS) is 32.0. The van der Waals surface area contributed by atoms with E-state index in [-0.39, 0.29) is 0 Å². The van der Waals surface area contributed by atoms with Crippen LogP contribution >= 0.6 is 0 Å². The van der Waals surface area contributed by atoms with Crippen molar-refractivity contribution in [2.45, 2.75) is 78.5 Å². The molecule has 3 atom stereocenters. The highest BCUT2D eigenvalue weighted by molar-refractivity contribution is 4.93. The van der Waals surface area contributed by atoms with Crippen LogP contribution in [0.25, 0.3) is 0 Å². The highest BCUT2D eigenvalue weighted by Crippen LogP contribution is 2.28. The molecule has 3 unspecified atom stereocenters. The van der Waals surface area contributed by atoms with Gasteiger partial charge in [0.15, 0.2) is 0 Å². The van der Waals surface area contributed by atoms with Gasteiger partial charge in [-0.3, -0.25) is 4.90 Å². The minimum Gasteiger partial charge on any atom is -0.378 e. The average molecular weight is 296 g/mol. The molecule has 124 valence electrons. The lowest BCUT2D eigenvalue weighted by Gasteiger charge is -2.47. The quantitative estimate of drug-likeness (QED) is 0.842. The van der Waals surface area contributed by atoms with Gasteiger partial charge in [0.25, 0.3) is 0 Å². The lowest BCUT2D eigenvalue weighted by molar-refractivity contribution is 0.0391. The Morgan fingerprint density at radius 1 is 1.29 bits per heavy atom. The van der Waals surface area contributed by atoms with E-state index in [0.717, 1.165) is 13.2 Å². The van der Waals surface area contributed by atoms with E-state index in [0.29, 0.717) is 29.5 Å². The molecule has 3 heteroatoms. The van der Waals surface area contributed by atoms with Gasteiger partial charge in [-0.05, 0) is 43.6 Å². The van der Waals surface area contributed by atoms with Crippen LogP contribution in [0.4, 0.5) is 0 Å². The molecule has 0 aromatic heterocycles. The molecule has 21 heavy (non-hydrogen) atoms. The maximum Gasteiger partial charge on any atom is 0.0576 e. The SMILES string of the molecule is CC(C)C1CN(CCCC2CCCO2)C(C(C)(C)C)CN1. The van der Waals surface area contributed by atoms with Gasteiger partial charge in [-0.1, -0.05) is 34.6 Å². The summed E-state index contributed by atoms with van der Waals surface area (Å²) in [5.74, 6) is 0.714.